The van der Waals surface area contributed by atoms with E-state index in [1.54, 1.807) is 6.20 Å². The van der Waals surface area contributed by atoms with E-state index in [0.717, 1.165) is 36.4 Å². The third-order valence-electron chi connectivity index (χ3n) is 8.63. The van der Waals surface area contributed by atoms with Crippen molar-refractivity contribution in [1.82, 2.24) is 9.78 Å². The summed E-state index contributed by atoms with van der Waals surface area (Å²) in [6.07, 6.45) is 2.79. The Morgan fingerprint density at radius 1 is 1.22 bits per heavy atom. The second kappa shape index (κ2) is 11.8. The van der Waals surface area contributed by atoms with Crippen LogP contribution >= 0.6 is 15.9 Å². The van der Waals surface area contributed by atoms with Crippen LogP contribution in [0.5, 0.6) is 0 Å². The predicted octanol–water partition coefficient (Wildman–Crippen LogP) is 6.02. The van der Waals surface area contributed by atoms with Crippen LogP contribution in [0.15, 0.2) is 44.9 Å². The molecule has 0 radical (unpaired) electrons. The molecule has 8 heteroatoms. The number of oxime groups is 1. The van der Waals surface area contributed by atoms with Crippen LogP contribution < -0.4 is 15.8 Å². The first kappa shape index (κ1) is 28.2. The van der Waals surface area contributed by atoms with Crippen LogP contribution in [0.4, 0.5) is 11.4 Å². The minimum absolute atomic E-state index is 0.201. The summed E-state index contributed by atoms with van der Waals surface area (Å²) in [5.41, 5.74) is 3.50. The predicted molar refractivity (Wildman–Crippen MR) is 153 cm³/mol. The first-order valence-electron chi connectivity index (χ1n) is 13.0. The van der Waals surface area contributed by atoms with Crippen molar-refractivity contribution in [1.29, 1.82) is 0 Å². The van der Waals surface area contributed by atoms with Crippen molar-refractivity contribution in [3.05, 3.63) is 50.9 Å². The Labute approximate surface area is 224 Å². The Hall–Kier alpha value is -2.35. The number of anilines is 2. The largest absolute Gasteiger partial charge is 0.399 e. The quantitative estimate of drug-likeness (QED) is 0.300. The molecule has 0 bridgehead atoms. The van der Waals surface area contributed by atoms with Gasteiger partial charge in [0.05, 0.1) is 18.4 Å². The molecule has 1 N–H and O–H groups in total. The molecule has 1 aromatic heterocycles. The van der Waals surface area contributed by atoms with Crippen molar-refractivity contribution in [3.8, 4) is 0 Å². The lowest BCUT2D eigenvalue weighted by Gasteiger charge is -2.50. The van der Waals surface area contributed by atoms with Gasteiger partial charge in [0, 0.05) is 30.4 Å². The minimum Gasteiger partial charge on any atom is -0.399 e. The fraction of sp³-hybridized carbons (Fsp3) is 0.607. The van der Waals surface area contributed by atoms with E-state index in [1.807, 2.05) is 12.1 Å². The molecule has 7 nitrogen and oxygen atoms in total. The lowest BCUT2D eigenvalue weighted by Crippen LogP contribution is -2.48. The van der Waals surface area contributed by atoms with Crippen LogP contribution in [-0.2, 0) is 11.4 Å². The van der Waals surface area contributed by atoms with E-state index in [0.29, 0.717) is 27.9 Å². The Bertz CT molecular complexity index is 1110. The highest BCUT2D eigenvalue weighted by molar-refractivity contribution is 9.10. The summed E-state index contributed by atoms with van der Waals surface area (Å²) in [7, 11) is 1.51. The van der Waals surface area contributed by atoms with Crippen molar-refractivity contribution in [2.24, 2.45) is 28.3 Å². The van der Waals surface area contributed by atoms with Crippen LogP contribution in [0.25, 0.3) is 0 Å². The van der Waals surface area contributed by atoms with E-state index in [2.05, 4.69) is 97.0 Å². The molecule has 1 aliphatic carbocycles. The maximum Gasteiger partial charge on any atom is 0.283 e. The topological polar surface area (TPSA) is 71.8 Å². The molecule has 1 heterocycles. The molecule has 1 aromatic carbocycles. The highest BCUT2D eigenvalue weighted by Gasteiger charge is 2.43. The lowest BCUT2D eigenvalue weighted by molar-refractivity contribution is 0.0316. The van der Waals surface area contributed by atoms with E-state index < -0.39 is 0 Å². The van der Waals surface area contributed by atoms with Crippen molar-refractivity contribution in [2.45, 2.75) is 67.5 Å². The van der Waals surface area contributed by atoms with Crippen LogP contribution in [0.2, 0.25) is 0 Å². The van der Waals surface area contributed by atoms with Crippen LogP contribution in [0.1, 0.15) is 60.5 Å². The first-order valence-corrected chi connectivity index (χ1v) is 13.8. The number of hydrogen-bond donors (Lipinski definition) is 1. The van der Waals surface area contributed by atoms with Gasteiger partial charge in [0.15, 0.2) is 0 Å². The molecule has 1 fully saturated rings. The molecule has 1 aliphatic rings. The van der Waals surface area contributed by atoms with Crippen LogP contribution in [-0.4, -0.2) is 41.7 Å². The van der Waals surface area contributed by atoms with Gasteiger partial charge in [-0.05, 0) is 71.5 Å². The Morgan fingerprint density at radius 3 is 2.44 bits per heavy atom. The molecule has 4 atom stereocenters. The normalized spacial score (nSPS) is 23.9. The van der Waals surface area contributed by atoms with Gasteiger partial charge in [0.1, 0.15) is 17.3 Å². The van der Waals surface area contributed by atoms with Gasteiger partial charge in [-0.1, -0.05) is 51.9 Å². The summed E-state index contributed by atoms with van der Waals surface area (Å²) in [5, 5.41) is 12.3. The van der Waals surface area contributed by atoms with E-state index in [9.17, 15) is 4.79 Å². The maximum absolute atomic E-state index is 13.2. The van der Waals surface area contributed by atoms with Crippen molar-refractivity contribution >= 4 is 33.0 Å². The molecule has 0 saturated heterocycles. The zero-order valence-corrected chi connectivity index (χ0v) is 24.6. The Kier molecular flexibility index (Phi) is 9.25. The SMILES string of the molecule is CCN(CC)c1ccc(C(Cn2ncc(N[C@@H]3C[C@H](C)C(C)(C)[C@H](C)[C@H]3C)c(Br)c2=O)=NOC)cc1. The molecule has 0 amide bonds. The van der Waals surface area contributed by atoms with Gasteiger partial charge in [-0.3, -0.25) is 4.79 Å². The second-order valence-electron chi connectivity index (χ2n) is 10.6. The van der Waals surface area contributed by atoms with Gasteiger partial charge >= 0.3 is 0 Å². The molecular weight excluding hydrogens is 518 g/mol. The zero-order valence-electron chi connectivity index (χ0n) is 23.0. The molecule has 2 aromatic rings. The van der Waals surface area contributed by atoms with Gasteiger partial charge < -0.3 is 15.1 Å². The maximum atomic E-state index is 13.2. The molecular formula is C28H42BrN5O2. The van der Waals surface area contributed by atoms with Crippen LogP contribution in [0, 0.1) is 23.2 Å². The number of aromatic nitrogens is 2. The average molecular weight is 561 g/mol. The molecule has 0 unspecified atom stereocenters. The molecule has 0 spiro atoms. The van der Waals surface area contributed by atoms with E-state index >= 15 is 0 Å². The number of benzene rings is 1. The minimum atomic E-state index is -0.201. The van der Waals surface area contributed by atoms with Crippen molar-refractivity contribution < 1.29 is 4.84 Å². The van der Waals surface area contributed by atoms with Crippen molar-refractivity contribution in [2.75, 3.05) is 30.4 Å². The monoisotopic (exact) mass is 559 g/mol. The molecule has 0 aliphatic heterocycles. The Balaban J connectivity index is 1.81. The van der Waals surface area contributed by atoms with Gasteiger partial charge in [-0.25, -0.2) is 4.68 Å². The summed E-state index contributed by atoms with van der Waals surface area (Å²) < 4.78 is 1.91. The Morgan fingerprint density at radius 2 is 1.86 bits per heavy atom. The number of rotatable bonds is 9. The summed E-state index contributed by atoms with van der Waals surface area (Å²) >= 11 is 3.54. The number of nitrogens with one attached hydrogen (secondary N) is 1. The highest BCUT2D eigenvalue weighted by atomic mass is 79.9. The summed E-state index contributed by atoms with van der Waals surface area (Å²) in [4.78, 5) is 20.6. The summed E-state index contributed by atoms with van der Waals surface area (Å²) in [6, 6.07) is 8.44. The van der Waals surface area contributed by atoms with Gasteiger partial charge in [-0.2, -0.15) is 5.10 Å². The standard InChI is InChI=1S/C28H42BrN5O2/c1-9-33(10-2)22-13-11-21(12-14-22)25(32-36-8)17-34-27(35)26(29)24(16-30-34)31-23-15-18(3)28(6,7)20(5)19(23)4/h11-14,16,18-20,23,31H,9-10,15,17H2,1-8H3/t18-,19+,20+,23+/m0/s1. The number of halogens is 1. The second-order valence-corrected chi connectivity index (χ2v) is 11.4. The third kappa shape index (κ3) is 5.79. The molecule has 3 rings (SSSR count). The fourth-order valence-corrected chi connectivity index (χ4v) is 5.74. The van der Waals surface area contributed by atoms with E-state index in [4.69, 9.17) is 4.84 Å². The van der Waals surface area contributed by atoms with Gasteiger partial charge in [0.25, 0.3) is 5.56 Å². The molecule has 1 saturated carbocycles. The van der Waals surface area contributed by atoms with E-state index in [1.165, 1.54) is 11.8 Å². The van der Waals surface area contributed by atoms with Crippen LogP contribution in [0.3, 0.4) is 0 Å². The molecule has 198 valence electrons. The average Bonchev–Trinajstić information content (AvgIpc) is 2.86. The number of hydrogen-bond acceptors (Lipinski definition) is 6. The van der Waals surface area contributed by atoms with Gasteiger partial charge in [0.2, 0.25) is 0 Å². The smallest absolute Gasteiger partial charge is 0.283 e. The highest BCUT2D eigenvalue weighted by Crippen LogP contribution is 2.48. The first-order chi connectivity index (χ1) is 17.0. The van der Waals surface area contributed by atoms with Gasteiger partial charge in [-0.15, -0.1) is 0 Å². The molecule has 36 heavy (non-hydrogen) atoms. The summed E-state index contributed by atoms with van der Waals surface area (Å²) in [6.45, 7) is 18.1. The summed E-state index contributed by atoms with van der Waals surface area (Å²) in [5.74, 6) is 1.62. The fourth-order valence-electron chi connectivity index (χ4n) is 5.32. The zero-order chi connectivity index (χ0) is 26.6. The van der Waals surface area contributed by atoms with E-state index in [-0.39, 0.29) is 23.6 Å². The third-order valence-corrected chi connectivity index (χ3v) is 9.40. The lowest BCUT2D eigenvalue weighted by atomic mass is 9.58. The van der Waals surface area contributed by atoms with Crippen molar-refractivity contribution in [3.63, 3.8) is 0 Å². The number of nitrogens with zero attached hydrogens (tertiary/aromatic N) is 4.